The van der Waals surface area contributed by atoms with Gasteiger partial charge in [0, 0.05) is 6.42 Å². The third-order valence-corrected chi connectivity index (χ3v) is 1.97. The molecule has 18 heavy (non-hydrogen) atoms. The largest absolute Gasteiger partial charge is 0.481 e. The summed E-state index contributed by atoms with van der Waals surface area (Å²) in [6.45, 7) is 1.86. The van der Waals surface area contributed by atoms with Crippen LogP contribution in [0.2, 0.25) is 0 Å². The van der Waals surface area contributed by atoms with Gasteiger partial charge in [0.1, 0.15) is 11.4 Å². The second-order valence-corrected chi connectivity index (χ2v) is 3.32. The van der Waals surface area contributed by atoms with Crippen molar-refractivity contribution in [3.8, 4) is 0 Å². The molecule has 0 saturated carbocycles. The quantitative estimate of drug-likeness (QED) is 0.632. The molecule has 1 rings (SSSR count). The molecule has 1 heterocycles. The molecule has 0 aliphatic rings. The van der Waals surface area contributed by atoms with Crippen molar-refractivity contribution < 1.29 is 24.2 Å². The van der Waals surface area contributed by atoms with Crippen LogP contribution < -0.4 is 5.32 Å². The topological polar surface area (TPSA) is 121 Å². The third-order valence-electron chi connectivity index (χ3n) is 1.97. The predicted molar refractivity (Wildman–Crippen MR) is 60.0 cm³/mol. The van der Waals surface area contributed by atoms with Crippen LogP contribution >= 0.6 is 0 Å². The van der Waals surface area contributed by atoms with E-state index in [1.54, 1.807) is 6.92 Å². The van der Waals surface area contributed by atoms with Crippen molar-refractivity contribution in [2.45, 2.75) is 19.8 Å². The molecule has 0 unspecified atom stereocenters. The average molecular weight is 255 g/mol. The fourth-order valence-electron chi connectivity index (χ4n) is 1.17. The Labute approximate surface area is 102 Å². The second kappa shape index (κ2) is 6.38. The van der Waals surface area contributed by atoms with Crippen molar-refractivity contribution in [3.05, 3.63) is 11.8 Å². The van der Waals surface area contributed by atoms with Gasteiger partial charge in [0.2, 0.25) is 5.91 Å². The number of carboxylic acid groups (broad SMARTS) is 1. The summed E-state index contributed by atoms with van der Waals surface area (Å²) in [4.78, 5) is 33.1. The summed E-state index contributed by atoms with van der Waals surface area (Å²) in [6, 6.07) is 0. The average Bonchev–Trinajstić information content (AvgIpc) is 2.75. The van der Waals surface area contributed by atoms with Crippen LogP contribution in [0.1, 0.15) is 30.1 Å². The van der Waals surface area contributed by atoms with Crippen molar-refractivity contribution in [2.75, 3.05) is 11.9 Å². The van der Waals surface area contributed by atoms with E-state index in [1.807, 2.05) is 0 Å². The number of ether oxygens (including phenoxy) is 1. The maximum absolute atomic E-state index is 11.4. The van der Waals surface area contributed by atoms with Crippen LogP contribution in [0.3, 0.4) is 0 Å². The molecule has 0 bridgehead atoms. The summed E-state index contributed by atoms with van der Waals surface area (Å²) >= 11 is 0. The molecule has 1 amide bonds. The van der Waals surface area contributed by atoms with Gasteiger partial charge in [-0.1, -0.05) is 0 Å². The number of hydrogen-bond donors (Lipinski definition) is 3. The van der Waals surface area contributed by atoms with Crippen molar-refractivity contribution in [1.29, 1.82) is 0 Å². The van der Waals surface area contributed by atoms with Gasteiger partial charge >= 0.3 is 11.9 Å². The Hall–Kier alpha value is -2.38. The van der Waals surface area contributed by atoms with Gasteiger partial charge in [-0.25, -0.2) is 4.79 Å². The molecule has 1 aromatic heterocycles. The van der Waals surface area contributed by atoms with Gasteiger partial charge in [0.15, 0.2) is 0 Å². The number of aromatic nitrogens is 2. The van der Waals surface area contributed by atoms with Crippen molar-refractivity contribution in [3.63, 3.8) is 0 Å². The Balaban J connectivity index is 2.62. The molecule has 1 aromatic rings. The molecule has 0 aliphatic carbocycles. The number of carbonyl (C=O) groups is 3. The Kier molecular flexibility index (Phi) is 4.85. The Morgan fingerprint density at radius 1 is 1.44 bits per heavy atom. The maximum atomic E-state index is 11.4. The van der Waals surface area contributed by atoms with Crippen LogP contribution in [0.4, 0.5) is 5.82 Å². The van der Waals surface area contributed by atoms with E-state index in [0.717, 1.165) is 0 Å². The molecule has 0 atom stereocenters. The number of anilines is 1. The lowest BCUT2D eigenvalue weighted by molar-refractivity contribution is -0.138. The molecule has 8 heteroatoms. The molecule has 0 saturated heterocycles. The second-order valence-electron chi connectivity index (χ2n) is 3.32. The van der Waals surface area contributed by atoms with Crippen LogP contribution in [0, 0.1) is 0 Å². The number of esters is 1. The highest BCUT2D eigenvalue weighted by Crippen LogP contribution is 2.12. The number of hydrogen-bond acceptors (Lipinski definition) is 5. The van der Waals surface area contributed by atoms with Crippen molar-refractivity contribution in [1.82, 2.24) is 10.2 Å². The standard InChI is InChI=1S/C10H13N3O5/c1-2-18-10(17)6-5-11-13-9(6)12-7(14)3-4-8(15)16/h5H,2-4H2,1H3,(H,15,16)(H2,11,12,13,14). The zero-order valence-corrected chi connectivity index (χ0v) is 9.73. The molecule has 0 aliphatic heterocycles. The third kappa shape index (κ3) is 3.89. The van der Waals surface area contributed by atoms with Gasteiger partial charge in [-0.2, -0.15) is 5.10 Å². The van der Waals surface area contributed by atoms with Crippen molar-refractivity contribution >= 4 is 23.7 Å². The van der Waals surface area contributed by atoms with E-state index in [-0.39, 0.29) is 30.8 Å². The minimum Gasteiger partial charge on any atom is -0.481 e. The van der Waals surface area contributed by atoms with Crippen molar-refractivity contribution in [2.24, 2.45) is 0 Å². The highest BCUT2D eigenvalue weighted by atomic mass is 16.5. The van der Waals surface area contributed by atoms with E-state index < -0.39 is 17.8 Å². The summed E-state index contributed by atoms with van der Waals surface area (Å²) in [5, 5.41) is 16.8. The minimum atomic E-state index is -1.07. The zero-order valence-electron chi connectivity index (χ0n) is 9.73. The van der Waals surface area contributed by atoms with Gasteiger partial charge in [-0.3, -0.25) is 14.7 Å². The maximum Gasteiger partial charge on any atom is 0.343 e. The molecule has 8 nitrogen and oxygen atoms in total. The van der Waals surface area contributed by atoms with Gasteiger partial charge < -0.3 is 15.2 Å². The van der Waals surface area contributed by atoms with E-state index >= 15 is 0 Å². The number of nitrogens with zero attached hydrogens (tertiary/aromatic N) is 1. The zero-order chi connectivity index (χ0) is 13.5. The molecule has 3 N–H and O–H groups in total. The molecular weight excluding hydrogens is 242 g/mol. The van der Waals surface area contributed by atoms with Crippen LogP contribution in [-0.4, -0.2) is 39.8 Å². The summed E-state index contributed by atoms with van der Waals surface area (Å²) in [6.07, 6.45) is 0.760. The van der Waals surface area contributed by atoms with E-state index in [1.165, 1.54) is 6.20 Å². The number of rotatable bonds is 6. The lowest BCUT2D eigenvalue weighted by Gasteiger charge is -2.04. The summed E-state index contributed by atoms with van der Waals surface area (Å²) in [5.41, 5.74) is 0.0977. The Morgan fingerprint density at radius 2 is 2.17 bits per heavy atom. The molecule has 0 aromatic carbocycles. The SMILES string of the molecule is CCOC(=O)c1cn[nH]c1NC(=O)CCC(=O)O. The minimum absolute atomic E-state index is 0.0977. The van der Waals surface area contributed by atoms with Crippen LogP contribution in [0.25, 0.3) is 0 Å². The monoisotopic (exact) mass is 255 g/mol. The number of carboxylic acids is 1. The Bertz CT molecular complexity index is 454. The number of amides is 1. The lowest BCUT2D eigenvalue weighted by atomic mass is 10.3. The van der Waals surface area contributed by atoms with Crippen LogP contribution in [0.15, 0.2) is 6.20 Å². The smallest absolute Gasteiger partial charge is 0.343 e. The molecule has 0 radical (unpaired) electrons. The van der Waals surface area contributed by atoms with Gasteiger partial charge in [-0.15, -0.1) is 0 Å². The summed E-state index contributed by atoms with van der Waals surface area (Å²) < 4.78 is 4.76. The number of carbonyl (C=O) groups excluding carboxylic acids is 2. The fourth-order valence-corrected chi connectivity index (χ4v) is 1.17. The molecule has 0 fully saturated rings. The van der Waals surface area contributed by atoms with E-state index in [0.29, 0.717) is 0 Å². The molecular formula is C10H13N3O5. The highest BCUT2D eigenvalue weighted by molar-refractivity contribution is 6.00. The van der Waals surface area contributed by atoms with Crippen LogP contribution in [-0.2, 0) is 14.3 Å². The van der Waals surface area contributed by atoms with Gasteiger partial charge in [0.05, 0.1) is 19.2 Å². The number of aliphatic carboxylic acids is 1. The Morgan fingerprint density at radius 3 is 2.78 bits per heavy atom. The van der Waals surface area contributed by atoms with Gasteiger partial charge in [-0.05, 0) is 6.92 Å². The predicted octanol–water partition coefficient (Wildman–Crippen LogP) is 0.390. The van der Waals surface area contributed by atoms with E-state index in [4.69, 9.17) is 9.84 Å². The number of H-pyrrole nitrogens is 1. The number of aromatic amines is 1. The first-order chi connectivity index (χ1) is 8.54. The first-order valence-electron chi connectivity index (χ1n) is 5.26. The number of nitrogens with one attached hydrogen (secondary N) is 2. The highest BCUT2D eigenvalue weighted by Gasteiger charge is 2.16. The first-order valence-corrected chi connectivity index (χ1v) is 5.26. The van der Waals surface area contributed by atoms with E-state index in [2.05, 4.69) is 15.5 Å². The van der Waals surface area contributed by atoms with E-state index in [9.17, 15) is 14.4 Å². The first kappa shape index (κ1) is 13.7. The van der Waals surface area contributed by atoms with Crippen LogP contribution in [0.5, 0.6) is 0 Å². The lowest BCUT2D eigenvalue weighted by Crippen LogP contribution is -2.16. The molecule has 0 spiro atoms. The summed E-state index contributed by atoms with van der Waals surface area (Å²) in [7, 11) is 0. The van der Waals surface area contributed by atoms with Gasteiger partial charge in [0.25, 0.3) is 0 Å². The summed E-state index contributed by atoms with van der Waals surface area (Å²) in [5.74, 6) is -2.10. The fraction of sp³-hybridized carbons (Fsp3) is 0.400. The molecule has 98 valence electrons. The normalized spacial score (nSPS) is 9.83.